The molecule has 0 fully saturated rings. The van der Waals surface area contributed by atoms with Crippen LogP contribution in [0.3, 0.4) is 0 Å². The Morgan fingerprint density at radius 2 is 1.38 bits per heavy atom. The summed E-state index contributed by atoms with van der Waals surface area (Å²) in [5.74, 6) is 2.76. The van der Waals surface area contributed by atoms with Gasteiger partial charge in [0.25, 0.3) is 0 Å². The minimum Gasteiger partial charge on any atom is -0.0801 e. The first-order chi connectivity index (χ1) is 11.7. The minimum absolute atomic E-state index is 0.637. The van der Waals surface area contributed by atoms with Gasteiger partial charge in [0.15, 0.2) is 0 Å². The van der Waals surface area contributed by atoms with Crippen molar-refractivity contribution in [3.8, 4) is 0 Å². The Labute approximate surface area is 145 Å². The largest absolute Gasteiger partial charge is 0.0801 e. The summed E-state index contributed by atoms with van der Waals surface area (Å²) in [6.45, 7) is 4.91. The van der Waals surface area contributed by atoms with Crippen molar-refractivity contribution in [2.45, 2.75) is 26.7 Å². The van der Waals surface area contributed by atoms with E-state index in [0.29, 0.717) is 11.8 Å². The zero-order valence-electron chi connectivity index (χ0n) is 14.7. The Morgan fingerprint density at radius 1 is 0.750 bits per heavy atom. The molecule has 2 bridgehead atoms. The van der Waals surface area contributed by atoms with Gasteiger partial charge in [0.2, 0.25) is 0 Å². The number of hydrogen-bond donors (Lipinski definition) is 0. The highest BCUT2D eigenvalue weighted by atomic mass is 14.4. The highest BCUT2D eigenvalue weighted by Gasteiger charge is 2.36. The smallest absolute Gasteiger partial charge is 0.00958 e. The second kappa shape index (κ2) is 6.43. The highest BCUT2D eigenvalue weighted by molar-refractivity contribution is 5.73. The Morgan fingerprint density at radius 3 is 2.04 bits per heavy atom. The van der Waals surface area contributed by atoms with Crippen LogP contribution in [0.2, 0.25) is 0 Å². The number of allylic oxidation sites excluding steroid dienone is 4. The molecule has 0 aliphatic heterocycles. The van der Waals surface area contributed by atoms with Crippen molar-refractivity contribution < 1.29 is 0 Å². The van der Waals surface area contributed by atoms with Gasteiger partial charge in [-0.15, -0.1) is 0 Å². The van der Waals surface area contributed by atoms with Crippen LogP contribution in [0, 0.1) is 23.7 Å². The maximum Gasteiger partial charge on any atom is -0.00958 e. The maximum absolute atomic E-state index is 2.60. The van der Waals surface area contributed by atoms with Crippen molar-refractivity contribution in [2.24, 2.45) is 23.7 Å². The SMILES string of the molecule is C[C@@H]1[C@@H](C)[C@@H]2C/C=C(/c3ccccc3)C[C@H]1C=C2c1ccccc1. The van der Waals surface area contributed by atoms with E-state index < -0.39 is 0 Å². The third-order valence-electron chi connectivity index (χ3n) is 6.26. The first-order valence-electron chi connectivity index (χ1n) is 9.25. The first-order valence-corrected chi connectivity index (χ1v) is 9.25. The van der Waals surface area contributed by atoms with Gasteiger partial charge in [-0.05, 0) is 58.8 Å². The topological polar surface area (TPSA) is 0 Å². The summed E-state index contributed by atoms with van der Waals surface area (Å²) in [6, 6.07) is 22.0. The molecule has 0 unspecified atom stereocenters. The van der Waals surface area contributed by atoms with Crippen molar-refractivity contribution in [3.05, 3.63) is 83.9 Å². The minimum atomic E-state index is 0.637. The van der Waals surface area contributed by atoms with Crippen LogP contribution in [0.4, 0.5) is 0 Å². The fraction of sp³-hybridized carbons (Fsp3) is 0.333. The predicted octanol–water partition coefficient (Wildman–Crippen LogP) is 6.47. The number of hydrogen-bond acceptors (Lipinski definition) is 0. The standard InChI is InChI=1S/C24H26/c1-17-18(2)23-14-13-21(19-9-5-3-6-10-19)15-22(17)16-24(23)20-11-7-4-8-12-20/h3-13,16-18,22-23H,14-15H2,1-2H3/b21-13+/t17-,18-,22+,23+/m1/s1. The van der Waals surface area contributed by atoms with Gasteiger partial charge >= 0.3 is 0 Å². The normalized spacial score (nSPS) is 31.6. The van der Waals surface area contributed by atoms with Gasteiger partial charge in [-0.1, -0.05) is 86.7 Å². The molecule has 2 aromatic carbocycles. The van der Waals surface area contributed by atoms with E-state index in [1.165, 1.54) is 23.1 Å². The summed E-state index contributed by atoms with van der Waals surface area (Å²) in [4.78, 5) is 0. The van der Waals surface area contributed by atoms with Gasteiger partial charge in [0.1, 0.15) is 0 Å². The molecular weight excluding hydrogens is 288 g/mol. The third-order valence-corrected chi connectivity index (χ3v) is 6.26. The van der Waals surface area contributed by atoms with Crippen LogP contribution in [0.1, 0.15) is 37.8 Å². The lowest BCUT2D eigenvalue weighted by atomic mass is 9.63. The lowest BCUT2D eigenvalue weighted by molar-refractivity contribution is 0.234. The summed E-state index contributed by atoms with van der Waals surface area (Å²) in [5, 5.41) is 0. The lowest BCUT2D eigenvalue weighted by Crippen LogP contribution is -2.31. The van der Waals surface area contributed by atoms with E-state index in [2.05, 4.69) is 86.7 Å². The zero-order chi connectivity index (χ0) is 16.5. The van der Waals surface area contributed by atoms with Gasteiger partial charge in [-0.2, -0.15) is 0 Å². The van der Waals surface area contributed by atoms with Crippen LogP contribution in [0.15, 0.2) is 72.8 Å². The Kier molecular flexibility index (Phi) is 4.14. The Balaban J connectivity index is 1.73. The average molecular weight is 314 g/mol. The van der Waals surface area contributed by atoms with E-state index in [1.54, 1.807) is 5.57 Å². The number of rotatable bonds is 2. The van der Waals surface area contributed by atoms with Crippen molar-refractivity contribution in [3.63, 3.8) is 0 Å². The summed E-state index contributed by atoms with van der Waals surface area (Å²) >= 11 is 0. The molecule has 3 aliphatic rings. The van der Waals surface area contributed by atoms with E-state index in [4.69, 9.17) is 0 Å². The summed E-state index contributed by atoms with van der Waals surface area (Å²) < 4.78 is 0. The van der Waals surface area contributed by atoms with Crippen molar-refractivity contribution in [1.82, 2.24) is 0 Å². The second-order valence-corrected chi connectivity index (χ2v) is 7.51. The van der Waals surface area contributed by atoms with Gasteiger partial charge in [-0.25, -0.2) is 0 Å². The molecule has 2 aromatic rings. The van der Waals surface area contributed by atoms with Crippen LogP contribution in [0.5, 0.6) is 0 Å². The molecule has 0 amide bonds. The van der Waals surface area contributed by atoms with E-state index >= 15 is 0 Å². The molecule has 0 radical (unpaired) electrons. The molecule has 0 N–H and O–H groups in total. The molecule has 4 atom stereocenters. The van der Waals surface area contributed by atoms with E-state index in [1.807, 2.05) is 0 Å². The summed E-state index contributed by atoms with van der Waals surface area (Å²) in [6.07, 6.45) is 7.44. The molecule has 24 heavy (non-hydrogen) atoms. The van der Waals surface area contributed by atoms with E-state index in [0.717, 1.165) is 18.3 Å². The fourth-order valence-electron chi connectivity index (χ4n) is 4.57. The monoisotopic (exact) mass is 314 g/mol. The Hall–Kier alpha value is -2.08. The van der Waals surface area contributed by atoms with Crippen LogP contribution >= 0.6 is 0 Å². The molecule has 0 heterocycles. The van der Waals surface area contributed by atoms with Crippen molar-refractivity contribution in [2.75, 3.05) is 0 Å². The van der Waals surface area contributed by atoms with Crippen molar-refractivity contribution >= 4 is 11.1 Å². The van der Waals surface area contributed by atoms with Crippen LogP contribution in [-0.2, 0) is 0 Å². The first kappa shape index (κ1) is 15.4. The fourth-order valence-corrected chi connectivity index (χ4v) is 4.57. The van der Waals surface area contributed by atoms with Crippen LogP contribution < -0.4 is 0 Å². The second-order valence-electron chi connectivity index (χ2n) is 7.51. The molecule has 0 saturated carbocycles. The molecule has 0 aromatic heterocycles. The highest BCUT2D eigenvalue weighted by Crippen LogP contribution is 2.48. The number of fused-ring (bicyclic) bond motifs is 3. The zero-order valence-corrected chi connectivity index (χ0v) is 14.7. The van der Waals surface area contributed by atoms with Crippen molar-refractivity contribution in [1.29, 1.82) is 0 Å². The summed E-state index contributed by atoms with van der Waals surface area (Å²) in [5.41, 5.74) is 5.93. The van der Waals surface area contributed by atoms with Crippen LogP contribution in [-0.4, -0.2) is 0 Å². The summed E-state index contributed by atoms with van der Waals surface area (Å²) in [7, 11) is 0. The van der Waals surface area contributed by atoms with Crippen LogP contribution in [0.25, 0.3) is 11.1 Å². The molecule has 122 valence electrons. The van der Waals surface area contributed by atoms with E-state index in [9.17, 15) is 0 Å². The molecule has 0 saturated heterocycles. The molecule has 3 aliphatic carbocycles. The quantitative estimate of drug-likeness (QED) is 0.596. The third kappa shape index (κ3) is 2.75. The van der Waals surface area contributed by atoms with Gasteiger partial charge < -0.3 is 0 Å². The maximum atomic E-state index is 2.60. The molecule has 0 heteroatoms. The molecule has 5 rings (SSSR count). The molecular formula is C24H26. The van der Waals surface area contributed by atoms with Gasteiger partial charge in [0, 0.05) is 0 Å². The van der Waals surface area contributed by atoms with Gasteiger partial charge in [-0.3, -0.25) is 0 Å². The predicted molar refractivity (Wildman–Crippen MR) is 103 cm³/mol. The van der Waals surface area contributed by atoms with E-state index in [-0.39, 0.29) is 0 Å². The lowest BCUT2D eigenvalue weighted by Gasteiger charge is -2.42. The number of benzene rings is 2. The average Bonchev–Trinajstić information content (AvgIpc) is 2.61. The molecule has 0 spiro atoms. The molecule has 0 nitrogen and oxygen atoms in total. The van der Waals surface area contributed by atoms with Gasteiger partial charge in [0.05, 0.1) is 0 Å². The Bertz CT molecular complexity index is 751.